The van der Waals surface area contributed by atoms with Crippen molar-refractivity contribution in [1.29, 1.82) is 0 Å². The van der Waals surface area contributed by atoms with Gasteiger partial charge in [0.05, 0.1) is 22.5 Å². The number of ether oxygens (including phenoxy) is 1. The van der Waals surface area contributed by atoms with Crippen molar-refractivity contribution in [2.45, 2.75) is 6.92 Å². The molecular weight excluding hydrogens is 533 g/mol. The second kappa shape index (κ2) is 11.1. The minimum atomic E-state index is -1.03. The molecule has 33 heavy (non-hydrogen) atoms. The Hall–Kier alpha value is -3.20. The summed E-state index contributed by atoms with van der Waals surface area (Å²) in [6.45, 7) is 1.87. The van der Waals surface area contributed by atoms with Crippen LogP contribution in [0.25, 0.3) is 0 Å². The maximum atomic E-state index is 12.5. The molecule has 0 radical (unpaired) electrons. The van der Waals surface area contributed by atoms with Gasteiger partial charge in [-0.2, -0.15) is 5.10 Å². The Morgan fingerprint density at radius 1 is 1.00 bits per heavy atom. The summed E-state index contributed by atoms with van der Waals surface area (Å²) in [4.78, 5) is 36.6. The van der Waals surface area contributed by atoms with E-state index in [9.17, 15) is 14.4 Å². The molecule has 0 aliphatic heterocycles. The van der Waals surface area contributed by atoms with Gasteiger partial charge < -0.3 is 10.1 Å². The molecule has 0 aromatic heterocycles. The van der Waals surface area contributed by atoms with E-state index in [2.05, 4.69) is 31.8 Å². The van der Waals surface area contributed by atoms with Gasteiger partial charge in [-0.25, -0.2) is 10.2 Å². The Bertz CT molecular complexity index is 1260. The van der Waals surface area contributed by atoms with Gasteiger partial charge in [0.1, 0.15) is 5.75 Å². The first-order chi connectivity index (χ1) is 15.7. The van der Waals surface area contributed by atoms with Crippen LogP contribution >= 0.6 is 39.1 Å². The van der Waals surface area contributed by atoms with Crippen molar-refractivity contribution >= 4 is 68.8 Å². The normalized spacial score (nSPS) is 10.7. The van der Waals surface area contributed by atoms with Gasteiger partial charge in [-0.3, -0.25) is 9.59 Å². The first kappa shape index (κ1) is 24.4. The second-order valence-corrected chi connectivity index (χ2v) is 8.48. The van der Waals surface area contributed by atoms with Gasteiger partial charge in [0, 0.05) is 15.1 Å². The zero-order valence-corrected chi connectivity index (χ0v) is 20.2. The number of hydrazone groups is 1. The highest BCUT2D eigenvalue weighted by molar-refractivity contribution is 9.10. The minimum Gasteiger partial charge on any atom is -0.422 e. The molecule has 0 saturated carbocycles. The zero-order valence-electron chi connectivity index (χ0n) is 17.1. The van der Waals surface area contributed by atoms with Crippen LogP contribution < -0.4 is 15.5 Å². The van der Waals surface area contributed by atoms with E-state index in [1.807, 2.05) is 13.0 Å². The van der Waals surface area contributed by atoms with E-state index in [-0.39, 0.29) is 16.5 Å². The summed E-state index contributed by atoms with van der Waals surface area (Å²) >= 11 is 15.2. The lowest BCUT2D eigenvalue weighted by atomic mass is 10.1. The number of anilines is 1. The SMILES string of the molecule is Cc1cccc(C(=O)Oc2ccc(Br)cc2/C=N\NC(=O)C(=O)Nc2cc(Cl)ccc2Cl)c1. The van der Waals surface area contributed by atoms with Crippen LogP contribution in [0.2, 0.25) is 10.0 Å². The summed E-state index contributed by atoms with van der Waals surface area (Å²) in [7, 11) is 0. The molecule has 3 aromatic rings. The lowest BCUT2D eigenvalue weighted by Crippen LogP contribution is -2.32. The van der Waals surface area contributed by atoms with E-state index >= 15 is 0 Å². The molecule has 0 saturated heterocycles. The maximum absolute atomic E-state index is 12.5. The zero-order chi connectivity index (χ0) is 24.0. The number of esters is 1. The summed E-state index contributed by atoms with van der Waals surface area (Å²) < 4.78 is 6.17. The first-order valence-electron chi connectivity index (χ1n) is 9.41. The fourth-order valence-corrected chi connectivity index (χ4v) is 3.34. The molecule has 10 heteroatoms. The van der Waals surface area contributed by atoms with Gasteiger partial charge in [0.15, 0.2) is 0 Å². The fourth-order valence-electron chi connectivity index (χ4n) is 2.63. The van der Waals surface area contributed by atoms with Crippen LogP contribution in [0.3, 0.4) is 0 Å². The molecule has 0 heterocycles. The summed E-state index contributed by atoms with van der Waals surface area (Å²) in [5.41, 5.74) is 4.00. The van der Waals surface area contributed by atoms with Crippen molar-refractivity contribution in [3.8, 4) is 5.75 Å². The van der Waals surface area contributed by atoms with Gasteiger partial charge in [0.25, 0.3) is 0 Å². The molecule has 0 fully saturated rings. The van der Waals surface area contributed by atoms with Crippen molar-refractivity contribution < 1.29 is 19.1 Å². The number of hydrogen-bond donors (Lipinski definition) is 2. The fraction of sp³-hybridized carbons (Fsp3) is 0.0435. The number of carbonyl (C=O) groups excluding carboxylic acids is 3. The average molecular weight is 549 g/mol. The number of nitrogens with zero attached hydrogens (tertiary/aromatic N) is 1. The summed E-state index contributed by atoms with van der Waals surface area (Å²) in [5, 5.41) is 6.70. The Balaban J connectivity index is 1.68. The first-order valence-corrected chi connectivity index (χ1v) is 11.0. The van der Waals surface area contributed by atoms with Crippen molar-refractivity contribution in [3.05, 3.63) is 91.9 Å². The molecule has 0 unspecified atom stereocenters. The van der Waals surface area contributed by atoms with Crippen LogP contribution in [-0.2, 0) is 9.59 Å². The van der Waals surface area contributed by atoms with Crippen LogP contribution in [0.5, 0.6) is 5.75 Å². The molecule has 2 amide bonds. The van der Waals surface area contributed by atoms with Crippen LogP contribution in [0.1, 0.15) is 21.5 Å². The van der Waals surface area contributed by atoms with E-state index in [0.717, 1.165) is 5.56 Å². The molecule has 2 N–H and O–H groups in total. The molecular formula is C23H16BrCl2N3O4. The van der Waals surface area contributed by atoms with Crippen molar-refractivity contribution in [2.75, 3.05) is 5.32 Å². The molecule has 0 spiro atoms. The topological polar surface area (TPSA) is 96.9 Å². The van der Waals surface area contributed by atoms with E-state index in [0.29, 0.717) is 20.6 Å². The number of rotatable bonds is 5. The number of carbonyl (C=O) groups is 3. The number of aryl methyl sites for hydroxylation is 1. The number of hydrogen-bond acceptors (Lipinski definition) is 5. The number of benzene rings is 3. The van der Waals surface area contributed by atoms with Crippen molar-refractivity contribution in [3.63, 3.8) is 0 Å². The molecule has 0 bridgehead atoms. The van der Waals surface area contributed by atoms with Crippen LogP contribution in [0, 0.1) is 6.92 Å². The molecule has 168 valence electrons. The third-order valence-electron chi connectivity index (χ3n) is 4.18. The third kappa shape index (κ3) is 6.89. The number of nitrogens with one attached hydrogen (secondary N) is 2. The van der Waals surface area contributed by atoms with Crippen LogP contribution in [-0.4, -0.2) is 24.0 Å². The molecule has 3 rings (SSSR count). The van der Waals surface area contributed by atoms with Crippen molar-refractivity contribution in [1.82, 2.24) is 5.43 Å². The predicted molar refractivity (Wildman–Crippen MR) is 131 cm³/mol. The van der Waals surface area contributed by atoms with Gasteiger partial charge >= 0.3 is 17.8 Å². The van der Waals surface area contributed by atoms with Crippen LogP contribution in [0.15, 0.2) is 70.2 Å². The summed E-state index contributed by atoms with van der Waals surface area (Å²) in [6.07, 6.45) is 1.25. The highest BCUT2D eigenvalue weighted by Crippen LogP contribution is 2.25. The highest BCUT2D eigenvalue weighted by atomic mass is 79.9. The van der Waals surface area contributed by atoms with E-state index < -0.39 is 17.8 Å². The average Bonchev–Trinajstić information content (AvgIpc) is 2.77. The van der Waals surface area contributed by atoms with E-state index in [4.69, 9.17) is 27.9 Å². The second-order valence-electron chi connectivity index (χ2n) is 6.72. The quantitative estimate of drug-likeness (QED) is 0.147. The van der Waals surface area contributed by atoms with Gasteiger partial charge in [-0.05, 0) is 55.5 Å². The van der Waals surface area contributed by atoms with Crippen molar-refractivity contribution in [2.24, 2.45) is 5.10 Å². The molecule has 7 nitrogen and oxygen atoms in total. The van der Waals surface area contributed by atoms with Gasteiger partial charge in [-0.1, -0.05) is 56.8 Å². The standard InChI is InChI=1S/C23H16BrCl2N3O4/c1-13-3-2-4-14(9-13)23(32)33-20-8-5-16(24)10-15(20)12-27-29-22(31)21(30)28-19-11-17(25)6-7-18(19)26/h2-12H,1H3,(H,28,30)(H,29,31)/b27-12-. The Kier molecular flexibility index (Phi) is 8.21. The molecule has 0 aliphatic rings. The van der Waals surface area contributed by atoms with Gasteiger partial charge in [-0.15, -0.1) is 0 Å². The smallest absolute Gasteiger partial charge is 0.343 e. The summed E-state index contributed by atoms with van der Waals surface area (Å²) in [5.74, 6) is -2.34. The summed E-state index contributed by atoms with van der Waals surface area (Å²) in [6, 6.07) is 16.3. The minimum absolute atomic E-state index is 0.186. The molecule has 0 atom stereocenters. The molecule has 0 aliphatic carbocycles. The van der Waals surface area contributed by atoms with E-state index in [1.54, 1.807) is 42.5 Å². The third-order valence-corrected chi connectivity index (χ3v) is 5.24. The molecule has 3 aromatic carbocycles. The lowest BCUT2D eigenvalue weighted by molar-refractivity contribution is -0.136. The maximum Gasteiger partial charge on any atom is 0.343 e. The highest BCUT2D eigenvalue weighted by Gasteiger charge is 2.15. The Labute approximate surface area is 207 Å². The van der Waals surface area contributed by atoms with Gasteiger partial charge in [0.2, 0.25) is 0 Å². The number of amides is 2. The largest absolute Gasteiger partial charge is 0.422 e. The lowest BCUT2D eigenvalue weighted by Gasteiger charge is -2.09. The van der Waals surface area contributed by atoms with Crippen LogP contribution in [0.4, 0.5) is 5.69 Å². The Morgan fingerprint density at radius 3 is 2.55 bits per heavy atom. The Morgan fingerprint density at radius 2 is 1.79 bits per heavy atom. The monoisotopic (exact) mass is 547 g/mol. The predicted octanol–water partition coefficient (Wildman–Crippen LogP) is 5.37. The number of halogens is 3. The van der Waals surface area contributed by atoms with E-state index in [1.165, 1.54) is 18.3 Å².